The molecule has 0 spiro atoms. The summed E-state index contributed by atoms with van der Waals surface area (Å²) in [7, 11) is 0. The van der Waals surface area contributed by atoms with Gasteiger partial charge in [0.25, 0.3) is 5.56 Å². The molecule has 0 saturated heterocycles. The first kappa shape index (κ1) is 12.5. The lowest BCUT2D eigenvalue weighted by Crippen LogP contribution is -2.20. The molecule has 0 N–H and O–H groups in total. The largest absolute Gasteiger partial charge is 0.310 e. The molecule has 0 fully saturated rings. The molecule has 5 heteroatoms. The first-order chi connectivity index (χ1) is 8.09. The number of pyridine rings is 1. The topological polar surface area (TPSA) is 22.0 Å². The molecule has 1 aromatic heterocycles. The van der Waals surface area contributed by atoms with E-state index in [0.717, 1.165) is 5.56 Å². The van der Waals surface area contributed by atoms with E-state index in [0.29, 0.717) is 15.5 Å². The Hall–Kier alpha value is -0.940. The number of hydrogen-bond donors (Lipinski definition) is 0. The number of benzene rings is 1. The SMILES string of the molecule is O=c1c(Br)cccn1Cc1cccc(F)c1Br. The quantitative estimate of drug-likeness (QED) is 0.802. The molecule has 2 rings (SSSR count). The molecule has 2 nitrogen and oxygen atoms in total. The first-order valence-electron chi connectivity index (χ1n) is 4.87. The Morgan fingerprint density at radius 3 is 2.71 bits per heavy atom. The highest BCUT2D eigenvalue weighted by atomic mass is 79.9. The summed E-state index contributed by atoms with van der Waals surface area (Å²) in [6.45, 7) is 0.330. The summed E-state index contributed by atoms with van der Waals surface area (Å²) in [5, 5.41) is 0. The van der Waals surface area contributed by atoms with Crippen LogP contribution < -0.4 is 5.56 Å². The zero-order valence-electron chi connectivity index (χ0n) is 8.66. The third-order valence-electron chi connectivity index (χ3n) is 2.35. The maximum absolute atomic E-state index is 13.3. The van der Waals surface area contributed by atoms with Crippen LogP contribution in [-0.4, -0.2) is 4.57 Å². The Bertz CT molecular complexity index is 610. The summed E-state index contributed by atoms with van der Waals surface area (Å²) in [5.41, 5.74) is 0.592. The van der Waals surface area contributed by atoms with Crippen molar-refractivity contribution in [3.8, 4) is 0 Å². The molecule has 0 aliphatic carbocycles. The van der Waals surface area contributed by atoms with Gasteiger partial charge in [-0.3, -0.25) is 4.79 Å². The maximum Gasteiger partial charge on any atom is 0.265 e. The Morgan fingerprint density at radius 2 is 1.94 bits per heavy atom. The van der Waals surface area contributed by atoms with Gasteiger partial charge in [-0.05, 0) is 55.6 Å². The van der Waals surface area contributed by atoms with Crippen molar-refractivity contribution in [3.63, 3.8) is 0 Å². The summed E-state index contributed by atoms with van der Waals surface area (Å²) in [4.78, 5) is 11.8. The fourth-order valence-corrected chi connectivity index (χ4v) is 2.26. The lowest BCUT2D eigenvalue weighted by Gasteiger charge is -2.08. The monoisotopic (exact) mass is 359 g/mol. The second kappa shape index (κ2) is 5.14. The number of halogens is 3. The molecule has 0 radical (unpaired) electrons. The van der Waals surface area contributed by atoms with E-state index >= 15 is 0 Å². The molecule has 2 aromatic rings. The van der Waals surface area contributed by atoms with Crippen molar-refractivity contribution >= 4 is 31.9 Å². The molecule has 0 bridgehead atoms. The second-order valence-electron chi connectivity index (χ2n) is 3.50. The fourth-order valence-electron chi connectivity index (χ4n) is 1.49. The highest BCUT2D eigenvalue weighted by Gasteiger charge is 2.07. The van der Waals surface area contributed by atoms with Crippen LogP contribution in [0.1, 0.15) is 5.56 Å². The molecule has 1 heterocycles. The van der Waals surface area contributed by atoms with Crippen LogP contribution in [0.2, 0.25) is 0 Å². The van der Waals surface area contributed by atoms with Gasteiger partial charge in [0.2, 0.25) is 0 Å². The zero-order chi connectivity index (χ0) is 12.4. The average molecular weight is 361 g/mol. The molecule has 0 amide bonds. The van der Waals surface area contributed by atoms with E-state index in [1.165, 1.54) is 10.6 Å². The van der Waals surface area contributed by atoms with Crippen LogP contribution in [-0.2, 0) is 6.54 Å². The van der Waals surface area contributed by atoms with E-state index in [9.17, 15) is 9.18 Å². The van der Waals surface area contributed by atoms with Crippen molar-refractivity contribution in [1.82, 2.24) is 4.57 Å². The molecular formula is C12H8Br2FNO. The molecule has 0 atom stereocenters. The molecule has 0 aliphatic heterocycles. The minimum Gasteiger partial charge on any atom is -0.310 e. The summed E-state index contributed by atoms with van der Waals surface area (Å²) in [5.74, 6) is -0.328. The van der Waals surface area contributed by atoms with E-state index in [-0.39, 0.29) is 11.4 Å². The van der Waals surface area contributed by atoms with Gasteiger partial charge in [0.05, 0.1) is 15.5 Å². The average Bonchev–Trinajstić information content (AvgIpc) is 2.31. The summed E-state index contributed by atoms with van der Waals surface area (Å²) >= 11 is 6.35. The van der Waals surface area contributed by atoms with E-state index in [1.54, 1.807) is 30.5 Å². The molecule has 0 unspecified atom stereocenters. The Labute approximate surface area is 114 Å². The lowest BCUT2D eigenvalue weighted by molar-refractivity contribution is 0.615. The van der Waals surface area contributed by atoms with Crippen LogP contribution >= 0.6 is 31.9 Å². The lowest BCUT2D eigenvalue weighted by atomic mass is 10.2. The van der Waals surface area contributed by atoms with Crippen molar-refractivity contribution in [1.29, 1.82) is 0 Å². The van der Waals surface area contributed by atoms with E-state index in [4.69, 9.17) is 0 Å². The van der Waals surface area contributed by atoms with Crippen LogP contribution in [0, 0.1) is 5.82 Å². The normalized spacial score (nSPS) is 10.5. The Morgan fingerprint density at radius 1 is 1.18 bits per heavy atom. The Balaban J connectivity index is 2.42. The smallest absolute Gasteiger partial charge is 0.265 e. The highest BCUT2D eigenvalue weighted by molar-refractivity contribution is 9.10. The molecule has 17 heavy (non-hydrogen) atoms. The Kier molecular flexibility index (Phi) is 3.79. The molecule has 88 valence electrons. The predicted molar refractivity (Wildman–Crippen MR) is 71.6 cm³/mol. The highest BCUT2D eigenvalue weighted by Crippen LogP contribution is 2.20. The zero-order valence-corrected chi connectivity index (χ0v) is 11.8. The van der Waals surface area contributed by atoms with Crippen LogP contribution in [0.25, 0.3) is 0 Å². The van der Waals surface area contributed by atoms with Gasteiger partial charge in [0.1, 0.15) is 5.82 Å². The van der Waals surface area contributed by atoms with Gasteiger partial charge in [0, 0.05) is 6.20 Å². The summed E-state index contributed by atoms with van der Waals surface area (Å²) in [6.07, 6.45) is 1.67. The third kappa shape index (κ3) is 2.66. The molecule has 0 aliphatic rings. The fraction of sp³-hybridized carbons (Fsp3) is 0.0833. The minimum absolute atomic E-state index is 0.135. The van der Waals surface area contributed by atoms with Crippen LogP contribution in [0.4, 0.5) is 4.39 Å². The van der Waals surface area contributed by atoms with Crippen molar-refractivity contribution in [3.05, 3.63) is 67.2 Å². The van der Waals surface area contributed by atoms with Gasteiger partial charge in [-0.25, -0.2) is 4.39 Å². The minimum atomic E-state index is -0.328. The van der Waals surface area contributed by atoms with Crippen LogP contribution in [0.3, 0.4) is 0 Å². The molecule has 0 saturated carbocycles. The van der Waals surface area contributed by atoms with Gasteiger partial charge in [-0.15, -0.1) is 0 Å². The van der Waals surface area contributed by atoms with Crippen molar-refractivity contribution in [2.24, 2.45) is 0 Å². The van der Waals surface area contributed by atoms with Crippen molar-refractivity contribution < 1.29 is 4.39 Å². The number of nitrogens with zero attached hydrogens (tertiary/aromatic N) is 1. The third-order valence-corrected chi connectivity index (χ3v) is 3.84. The van der Waals surface area contributed by atoms with Gasteiger partial charge in [-0.1, -0.05) is 12.1 Å². The first-order valence-corrected chi connectivity index (χ1v) is 6.46. The van der Waals surface area contributed by atoms with Crippen molar-refractivity contribution in [2.45, 2.75) is 6.54 Å². The van der Waals surface area contributed by atoms with E-state index in [1.807, 2.05) is 0 Å². The molecule has 1 aromatic carbocycles. The predicted octanol–water partition coefficient (Wildman–Crippen LogP) is 3.56. The van der Waals surface area contributed by atoms with Gasteiger partial charge >= 0.3 is 0 Å². The van der Waals surface area contributed by atoms with Crippen molar-refractivity contribution in [2.75, 3.05) is 0 Å². The summed E-state index contributed by atoms with van der Waals surface area (Å²) in [6, 6.07) is 8.22. The summed E-state index contributed by atoms with van der Waals surface area (Å²) < 4.78 is 15.7. The van der Waals surface area contributed by atoms with Gasteiger partial charge in [0.15, 0.2) is 0 Å². The van der Waals surface area contributed by atoms with Gasteiger partial charge in [-0.2, -0.15) is 0 Å². The standard InChI is InChI=1S/C12H8Br2FNO/c13-9-4-2-6-16(12(9)17)7-8-3-1-5-10(15)11(8)14/h1-6H,7H2. The number of aromatic nitrogens is 1. The number of hydrogen-bond acceptors (Lipinski definition) is 1. The molecular weight excluding hydrogens is 353 g/mol. The maximum atomic E-state index is 13.3. The van der Waals surface area contributed by atoms with E-state index in [2.05, 4.69) is 31.9 Å². The van der Waals surface area contributed by atoms with E-state index < -0.39 is 0 Å². The van der Waals surface area contributed by atoms with Gasteiger partial charge < -0.3 is 4.57 Å². The van der Waals surface area contributed by atoms with Crippen LogP contribution in [0.15, 0.2) is 50.3 Å². The number of rotatable bonds is 2. The second-order valence-corrected chi connectivity index (χ2v) is 5.15. The van der Waals surface area contributed by atoms with Crippen LogP contribution in [0.5, 0.6) is 0 Å².